The van der Waals surface area contributed by atoms with Crippen LogP contribution in [0.25, 0.3) is 0 Å². The lowest BCUT2D eigenvalue weighted by Gasteiger charge is -2.25. The van der Waals surface area contributed by atoms with E-state index in [1.807, 2.05) is 4.98 Å². The molecule has 0 amide bonds. The molecule has 2 heterocycles. The molecule has 0 unspecified atom stereocenters. The van der Waals surface area contributed by atoms with E-state index in [0.29, 0.717) is 0 Å². The first kappa shape index (κ1) is 11.6. The van der Waals surface area contributed by atoms with Crippen LogP contribution < -0.4 is 11.2 Å². The first-order valence-corrected chi connectivity index (χ1v) is 4.87. The Morgan fingerprint density at radius 3 is 2.76 bits per heavy atom. The van der Waals surface area contributed by atoms with Crippen LogP contribution in [0.3, 0.4) is 0 Å². The summed E-state index contributed by atoms with van der Waals surface area (Å²) in [4.78, 5) is 24.4. The molecule has 2 rings (SSSR count). The molecule has 0 aliphatic carbocycles. The second kappa shape index (κ2) is 3.56. The van der Waals surface area contributed by atoms with Crippen LogP contribution in [0, 0.1) is 0 Å². The van der Waals surface area contributed by atoms with Crippen molar-refractivity contribution in [2.45, 2.75) is 24.9 Å². The molecule has 1 aliphatic rings. The van der Waals surface area contributed by atoms with Crippen molar-refractivity contribution in [1.82, 2.24) is 9.55 Å². The molecule has 0 radical (unpaired) electrons. The van der Waals surface area contributed by atoms with Crippen LogP contribution in [-0.2, 0) is 4.74 Å². The van der Waals surface area contributed by atoms with Gasteiger partial charge in [-0.3, -0.25) is 14.3 Å². The summed E-state index contributed by atoms with van der Waals surface area (Å²) in [6, 6.07) is 1.08. The molecule has 92 valence electrons. The Kier molecular flexibility index (Phi) is 2.43. The molecule has 1 aromatic rings. The summed E-state index contributed by atoms with van der Waals surface area (Å²) >= 11 is 0. The summed E-state index contributed by atoms with van der Waals surface area (Å²) in [7, 11) is 0. The summed E-state index contributed by atoms with van der Waals surface area (Å²) in [5.74, 6) is -0.252. The Hall–Kier alpha value is -1.89. The van der Waals surface area contributed by atoms with Gasteiger partial charge >= 0.3 is 5.69 Å². The molecule has 3 atom stereocenters. The fourth-order valence-electron chi connectivity index (χ4n) is 1.72. The van der Waals surface area contributed by atoms with Gasteiger partial charge in [0.05, 0.1) is 0 Å². The number of ether oxygens (including phenoxy) is 1. The van der Waals surface area contributed by atoms with Crippen molar-refractivity contribution in [2.75, 3.05) is 0 Å². The number of aromatic nitrogens is 2. The first-order chi connectivity index (χ1) is 7.84. The lowest BCUT2D eigenvalue weighted by atomic mass is 10.0. The summed E-state index contributed by atoms with van der Waals surface area (Å²) in [6.45, 7) is 4.50. The third-order valence-electron chi connectivity index (χ3n) is 2.66. The molecule has 0 aromatic carbocycles. The second-order valence-electron chi connectivity index (χ2n) is 4.04. The monoisotopic (exact) mass is 242 g/mol. The maximum absolute atomic E-state index is 13.6. The van der Waals surface area contributed by atoms with Gasteiger partial charge in [0.2, 0.25) is 6.23 Å². The number of H-pyrrole nitrogens is 1. The molecule has 0 spiro atoms. The summed E-state index contributed by atoms with van der Waals surface area (Å²) < 4.78 is 19.5. The number of nitrogens with zero attached hydrogens (tertiary/aromatic N) is 1. The van der Waals surface area contributed by atoms with E-state index in [-0.39, 0.29) is 5.76 Å². The molecule has 0 bridgehead atoms. The van der Waals surface area contributed by atoms with E-state index in [1.165, 1.54) is 6.92 Å². The fraction of sp³-hybridized carbons (Fsp3) is 0.400. The van der Waals surface area contributed by atoms with Crippen molar-refractivity contribution in [1.29, 1.82) is 0 Å². The third-order valence-corrected chi connectivity index (χ3v) is 2.66. The van der Waals surface area contributed by atoms with Crippen LogP contribution in [0.1, 0.15) is 13.2 Å². The number of aromatic amines is 1. The normalized spacial score (nSPS) is 32.5. The Morgan fingerprint density at radius 1 is 1.65 bits per heavy atom. The lowest BCUT2D eigenvalue weighted by Crippen LogP contribution is -2.44. The molecule has 1 fully saturated rings. The minimum atomic E-state index is -1.92. The number of aliphatic hydroxyl groups is 1. The minimum absolute atomic E-state index is 0.252. The Balaban J connectivity index is 2.52. The number of hydrogen-bond donors (Lipinski definition) is 2. The number of rotatable bonds is 1. The average molecular weight is 242 g/mol. The van der Waals surface area contributed by atoms with E-state index in [1.54, 1.807) is 0 Å². The SMILES string of the molecule is C=C1O[C@@H](n2ccc(=O)[nH]c2=O)[C@](C)(O)[C@@H]1F. The van der Waals surface area contributed by atoms with E-state index >= 15 is 0 Å². The van der Waals surface area contributed by atoms with Crippen molar-refractivity contribution in [3.05, 3.63) is 45.4 Å². The van der Waals surface area contributed by atoms with Gasteiger partial charge in [0, 0.05) is 12.3 Å². The van der Waals surface area contributed by atoms with Crippen LogP contribution in [-0.4, -0.2) is 26.4 Å². The molecule has 1 aliphatic heterocycles. The zero-order chi connectivity index (χ0) is 12.8. The maximum Gasteiger partial charge on any atom is 0.331 e. The van der Waals surface area contributed by atoms with Gasteiger partial charge in [-0.05, 0) is 6.92 Å². The molecule has 7 heteroatoms. The van der Waals surface area contributed by atoms with Crippen LogP contribution in [0.15, 0.2) is 34.2 Å². The highest BCUT2D eigenvalue weighted by molar-refractivity contribution is 5.12. The van der Waals surface area contributed by atoms with Gasteiger partial charge in [0.15, 0.2) is 11.8 Å². The van der Waals surface area contributed by atoms with E-state index in [2.05, 4.69) is 6.58 Å². The van der Waals surface area contributed by atoms with Crippen LogP contribution in [0.2, 0.25) is 0 Å². The molecule has 17 heavy (non-hydrogen) atoms. The predicted molar refractivity (Wildman–Crippen MR) is 56.1 cm³/mol. The van der Waals surface area contributed by atoms with Crippen LogP contribution in [0.4, 0.5) is 4.39 Å². The van der Waals surface area contributed by atoms with Crippen LogP contribution in [0.5, 0.6) is 0 Å². The molecule has 0 saturated carbocycles. The molecular weight excluding hydrogens is 231 g/mol. The van der Waals surface area contributed by atoms with Crippen molar-refractivity contribution >= 4 is 0 Å². The molecular formula is C10H11FN2O4. The van der Waals surface area contributed by atoms with Crippen molar-refractivity contribution in [2.24, 2.45) is 0 Å². The van der Waals surface area contributed by atoms with E-state index in [0.717, 1.165) is 16.8 Å². The molecule has 1 aromatic heterocycles. The summed E-state index contributed by atoms with van der Waals surface area (Å²) in [5.41, 5.74) is -3.29. The third kappa shape index (κ3) is 1.68. The van der Waals surface area contributed by atoms with Crippen LogP contribution >= 0.6 is 0 Å². The largest absolute Gasteiger partial charge is 0.469 e. The van der Waals surface area contributed by atoms with Gasteiger partial charge in [-0.1, -0.05) is 6.58 Å². The number of hydrogen-bond acceptors (Lipinski definition) is 4. The maximum atomic E-state index is 13.6. The molecule has 1 saturated heterocycles. The van der Waals surface area contributed by atoms with Gasteiger partial charge in [-0.15, -0.1) is 0 Å². The zero-order valence-corrected chi connectivity index (χ0v) is 9.01. The minimum Gasteiger partial charge on any atom is -0.469 e. The Bertz CT molecular complexity index is 574. The highest BCUT2D eigenvalue weighted by Gasteiger charge is 2.52. The van der Waals surface area contributed by atoms with E-state index in [4.69, 9.17) is 4.74 Å². The number of nitrogens with one attached hydrogen (secondary N) is 1. The van der Waals surface area contributed by atoms with Crippen molar-refractivity contribution in [3.63, 3.8) is 0 Å². The molecule has 6 nitrogen and oxygen atoms in total. The lowest BCUT2D eigenvalue weighted by molar-refractivity contribution is -0.0805. The first-order valence-electron chi connectivity index (χ1n) is 4.87. The van der Waals surface area contributed by atoms with Gasteiger partial charge < -0.3 is 9.84 Å². The van der Waals surface area contributed by atoms with Gasteiger partial charge in [-0.2, -0.15) is 0 Å². The second-order valence-corrected chi connectivity index (χ2v) is 4.04. The fourth-order valence-corrected chi connectivity index (χ4v) is 1.72. The highest BCUT2D eigenvalue weighted by Crippen LogP contribution is 2.40. The van der Waals surface area contributed by atoms with E-state index in [9.17, 15) is 19.1 Å². The number of alkyl halides is 1. The Labute approximate surface area is 95.0 Å². The topological polar surface area (TPSA) is 84.3 Å². The predicted octanol–water partition coefficient (Wildman–Crippen LogP) is -0.332. The van der Waals surface area contributed by atoms with Crippen molar-refractivity contribution < 1.29 is 14.2 Å². The van der Waals surface area contributed by atoms with Crippen molar-refractivity contribution in [3.8, 4) is 0 Å². The summed E-state index contributed by atoms with van der Waals surface area (Å²) in [5, 5.41) is 9.93. The summed E-state index contributed by atoms with van der Waals surface area (Å²) in [6.07, 6.45) is -1.92. The van der Waals surface area contributed by atoms with Gasteiger partial charge in [0.1, 0.15) is 5.76 Å². The average Bonchev–Trinajstić information content (AvgIpc) is 2.43. The van der Waals surface area contributed by atoms with Gasteiger partial charge in [-0.25, -0.2) is 9.18 Å². The standard InChI is InChI=1S/C10H11FN2O4/c1-5-7(11)10(2,16)8(17-5)13-4-3-6(14)12-9(13)15/h3-4,7-8,16H,1H2,2H3,(H,12,14,15)/t7-,8-,10-/m1/s1. The molecule has 2 N–H and O–H groups in total. The van der Waals surface area contributed by atoms with E-state index < -0.39 is 29.2 Å². The van der Waals surface area contributed by atoms with Gasteiger partial charge in [0.25, 0.3) is 5.56 Å². The smallest absolute Gasteiger partial charge is 0.331 e. The Morgan fingerprint density at radius 2 is 2.29 bits per heavy atom. The number of halogens is 1. The highest BCUT2D eigenvalue weighted by atomic mass is 19.1. The zero-order valence-electron chi connectivity index (χ0n) is 9.01. The quantitative estimate of drug-likeness (QED) is 0.706.